The second kappa shape index (κ2) is 10.4. The number of nitrogens with zero attached hydrogens (tertiary/aromatic N) is 1. The molecule has 2 aromatic rings. The first-order chi connectivity index (χ1) is 15.1. The lowest BCUT2D eigenvalue weighted by Gasteiger charge is -2.37. The second-order valence-electron chi connectivity index (χ2n) is 8.58. The van der Waals surface area contributed by atoms with Crippen LogP contribution < -0.4 is 4.74 Å². The van der Waals surface area contributed by atoms with Gasteiger partial charge in [0.1, 0.15) is 17.2 Å². The fourth-order valence-corrected chi connectivity index (χ4v) is 5.52. The normalized spacial score (nSPS) is 19.0. The Balaban J connectivity index is 1.94. The molecule has 0 saturated carbocycles. The van der Waals surface area contributed by atoms with E-state index >= 15 is 0 Å². The lowest BCUT2D eigenvalue weighted by atomic mass is 9.95. The average molecular weight is 528 g/mol. The summed E-state index contributed by atoms with van der Waals surface area (Å²) >= 11 is 1.90. The van der Waals surface area contributed by atoms with Crippen molar-refractivity contribution in [1.82, 2.24) is 4.90 Å². The molecule has 0 radical (unpaired) electrons. The van der Waals surface area contributed by atoms with Crippen LogP contribution in [0.2, 0.25) is 0 Å². The minimum Gasteiger partial charge on any atom is -0.611 e. The maximum absolute atomic E-state index is 13.6. The summed E-state index contributed by atoms with van der Waals surface area (Å²) in [5, 5.41) is 9.00. The standard InChI is InChI=1S/C23H27BrFNO5S/c1-23(2,3)31-22(28)26(10-11-27)13-15-14-30-20-12-16(24)4-9-19(20)21(15)32(29)18-7-5-17(25)6-8-18/h4-9,12,15,21,27H,10-11,13-14H2,1-3H3. The summed E-state index contributed by atoms with van der Waals surface area (Å²) in [6.07, 6.45) is -0.556. The zero-order valence-electron chi connectivity index (χ0n) is 18.2. The van der Waals surface area contributed by atoms with Gasteiger partial charge < -0.3 is 24.0 Å². The van der Waals surface area contributed by atoms with Crippen LogP contribution in [0, 0.1) is 11.7 Å². The van der Waals surface area contributed by atoms with Gasteiger partial charge in [0.25, 0.3) is 0 Å². The van der Waals surface area contributed by atoms with Crippen LogP contribution in [-0.2, 0) is 15.9 Å². The van der Waals surface area contributed by atoms with Crippen molar-refractivity contribution in [3.8, 4) is 5.75 Å². The molecule has 32 heavy (non-hydrogen) atoms. The maximum Gasteiger partial charge on any atom is 0.410 e. The monoisotopic (exact) mass is 527 g/mol. The van der Waals surface area contributed by atoms with Gasteiger partial charge in [0.05, 0.1) is 19.1 Å². The number of ether oxygens (including phenoxy) is 2. The van der Waals surface area contributed by atoms with Crippen molar-refractivity contribution >= 4 is 33.2 Å². The van der Waals surface area contributed by atoms with Gasteiger partial charge in [0, 0.05) is 23.1 Å². The maximum atomic E-state index is 13.6. The van der Waals surface area contributed by atoms with Crippen molar-refractivity contribution < 1.29 is 28.3 Å². The van der Waals surface area contributed by atoms with Gasteiger partial charge in [-0.05, 0) is 74.4 Å². The number of aliphatic hydroxyl groups is 1. The lowest BCUT2D eigenvalue weighted by molar-refractivity contribution is 0.0161. The molecule has 9 heteroatoms. The Labute approximate surface area is 199 Å². The quantitative estimate of drug-likeness (QED) is 0.551. The van der Waals surface area contributed by atoms with Gasteiger partial charge >= 0.3 is 6.09 Å². The van der Waals surface area contributed by atoms with Crippen LogP contribution in [0.15, 0.2) is 51.8 Å². The molecule has 6 nitrogen and oxygen atoms in total. The Hall–Kier alpha value is -1.81. The second-order valence-corrected chi connectivity index (χ2v) is 11.1. The summed E-state index contributed by atoms with van der Waals surface area (Å²) in [7, 11) is 0. The molecule has 0 spiro atoms. The predicted octanol–water partition coefficient (Wildman–Crippen LogP) is 4.68. The molecular formula is C23H27BrFNO5S. The number of hydrogen-bond acceptors (Lipinski definition) is 5. The van der Waals surface area contributed by atoms with Gasteiger partial charge in [0.15, 0.2) is 10.1 Å². The smallest absolute Gasteiger partial charge is 0.410 e. The molecule has 3 rings (SSSR count). The molecule has 1 aliphatic heterocycles. The highest BCUT2D eigenvalue weighted by Crippen LogP contribution is 2.44. The van der Waals surface area contributed by atoms with Gasteiger partial charge in [-0.25, -0.2) is 9.18 Å². The molecule has 0 bridgehead atoms. The Bertz CT molecular complexity index is 937. The largest absolute Gasteiger partial charge is 0.611 e. The number of hydrogen-bond donors (Lipinski definition) is 1. The SMILES string of the molecule is CC(C)(C)OC(=O)N(CCO)CC1COc2cc(Br)ccc2C1[S+]([O-])c1ccc(F)cc1. The molecule has 1 aliphatic rings. The zero-order valence-corrected chi connectivity index (χ0v) is 20.6. The molecule has 0 fully saturated rings. The Morgan fingerprint density at radius 2 is 2.00 bits per heavy atom. The number of amides is 1. The van der Waals surface area contributed by atoms with Crippen LogP contribution >= 0.6 is 15.9 Å². The average Bonchev–Trinajstić information content (AvgIpc) is 2.72. The van der Waals surface area contributed by atoms with E-state index in [2.05, 4.69) is 15.9 Å². The number of halogens is 2. The third-order valence-electron chi connectivity index (χ3n) is 4.92. The van der Waals surface area contributed by atoms with E-state index in [9.17, 15) is 18.8 Å². The van der Waals surface area contributed by atoms with Crippen LogP contribution in [0.3, 0.4) is 0 Å². The lowest BCUT2D eigenvalue weighted by Crippen LogP contribution is -2.45. The highest BCUT2D eigenvalue weighted by molar-refractivity contribution is 9.10. The van der Waals surface area contributed by atoms with Gasteiger partial charge in [-0.15, -0.1) is 0 Å². The number of aliphatic hydroxyl groups excluding tert-OH is 1. The Morgan fingerprint density at radius 1 is 1.31 bits per heavy atom. The molecular weight excluding hydrogens is 501 g/mol. The van der Waals surface area contributed by atoms with E-state index in [0.29, 0.717) is 10.6 Å². The first-order valence-corrected chi connectivity index (χ1v) is 12.3. The van der Waals surface area contributed by atoms with E-state index in [4.69, 9.17) is 9.47 Å². The van der Waals surface area contributed by atoms with E-state index in [1.807, 2.05) is 18.2 Å². The number of fused-ring (bicyclic) bond motifs is 1. The number of benzene rings is 2. The fourth-order valence-electron chi connectivity index (χ4n) is 3.55. The van der Waals surface area contributed by atoms with Crippen LogP contribution in [0.25, 0.3) is 0 Å². The number of rotatable bonds is 6. The van der Waals surface area contributed by atoms with E-state index in [1.54, 1.807) is 20.8 Å². The van der Waals surface area contributed by atoms with Crippen molar-refractivity contribution in [3.05, 3.63) is 58.3 Å². The summed E-state index contributed by atoms with van der Waals surface area (Å²) in [4.78, 5) is 14.6. The molecule has 3 atom stereocenters. The number of carbonyl (C=O) groups is 1. The summed E-state index contributed by atoms with van der Waals surface area (Å²) in [5.41, 5.74) is 0.0588. The third kappa shape index (κ3) is 6.15. The number of carbonyl (C=O) groups excluding carboxylic acids is 1. The Morgan fingerprint density at radius 3 is 2.62 bits per heavy atom. The highest BCUT2D eigenvalue weighted by atomic mass is 79.9. The molecule has 0 aromatic heterocycles. The van der Waals surface area contributed by atoms with Gasteiger partial charge in [0.2, 0.25) is 0 Å². The third-order valence-corrected chi connectivity index (χ3v) is 7.25. The van der Waals surface area contributed by atoms with Crippen LogP contribution in [0.5, 0.6) is 5.75 Å². The van der Waals surface area contributed by atoms with Crippen LogP contribution in [0.4, 0.5) is 9.18 Å². The Kier molecular flexibility index (Phi) is 8.08. The first-order valence-electron chi connectivity index (χ1n) is 10.3. The summed E-state index contributed by atoms with van der Waals surface area (Å²) in [6, 6.07) is 11.1. The van der Waals surface area contributed by atoms with E-state index in [1.165, 1.54) is 29.2 Å². The summed E-state index contributed by atoms with van der Waals surface area (Å²) in [6.45, 7) is 5.57. The van der Waals surface area contributed by atoms with E-state index < -0.39 is 33.9 Å². The molecule has 3 unspecified atom stereocenters. The van der Waals surface area contributed by atoms with Gasteiger partial charge in [-0.1, -0.05) is 15.9 Å². The van der Waals surface area contributed by atoms with E-state index in [0.717, 1.165) is 10.0 Å². The van der Waals surface area contributed by atoms with Gasteiger partial charge in [-0.3, -0.25) is 0 Å². The highest BCUT2D eigenvalue weighted by Gasteiger charge is 2.42. The first kappa shape index (κ1) is 24.8. The molecule has 1 N–H and O–H groups in total. The van der Waals surface area contributed by atoms with Crippen LogP contribution in [-0.4, -0.2) is 52.6 Å². The molecule has 0 saturated heterocycles. The van der Waals surface area contributed by atoms with E-state index in [-0.39, 0.29) is 32.2 Å². The molecule has 174 valence electrons. The topological polar surface area (TPSA) is 82.1 Å². The van der Waals surface area contributed by atoms with Gasteiger partial charge in [-0.2, -0.15) is 0 Å². The molecule has 2 aromatic carbocycles. The molecule has 0 aliphatic carbocycles. The van der Waals surface area contributed by atoms with Crippen molar-refractivity contribution in [2.75, 3.05) is 26.3 Å². The van der Waals surface area contributed by atoms with Crippen molar-refractivity contribution in [2.45, 2.75) is 36.5 Å². The predicted molar refractivity (Wildman–Crippen MR) is 124 cm³/mol. The minimum absolute atomic E-state index is 0.0779. The van der Waals surface area contributed by atoms with Crippen molar-refractivity contribution in [2.24, 2.45) is 5.92 Å². The zero-order chi connectivity index (χ0) is 23.5. The molecule has 1 heterocycles. The summed E-state index contributed by atoms with van der Waals surface area (Å²) in [5.74, 6) is -0.131. The summed E-state index contributed by atoms with van der Waals surface area (Å²) < 4.78 is 39.3. The van der Waals surface area contributed by atoms with Crippen molar-refractivity contribution in [1.29, 1.82) is 0 Å². The minimum atomic E-state index is -1.53. The van der Waals surface area contributed by atoms with Crippen molar-refractivity contribution in [3.63, 3.8) is 0 Å². The van der Waals surface area contributed by atoms with Crippen LogP contribution in [0.1, 0.15) is 31.6 Å². The molecule has 1 amide bonds. The fraction of sp³-hybridized carbons (Fsp3) is 0.435.